The molecule has 96 valence electrons. The van der Waals surface area contributed by atoms with Gasteiger partial charge in [-0.15, -0.1) is 0 Å². The molecule has 3 aromatic rings. The Labute approximate surface area is 110 Å². The molecular weight excluding hydrogens is 269 g/mol. The molecule has 0 amide bonds. The highest BCUT2D eigenvalue weighted by atomic mass is 32.1. The molecule has 0 spiro atoms. The Kier molecular flexibility index (Phi) is 2.75. The SMILES string of the molecule is O=c1[nH]c2csnc2c(=O)n1Cc1ccc(F)cc1. The first-order valence-corrected chi connectivity index (χ1v) is 6.30. The quantitative estimate of drug-likeness (QED) is 0.768. The van der Waals surface area contributed by atoms with Crippen LogP contribution in [0.25, 0.3) is 11.0 Å². The number of hydrogen-bond acceptors (Lipinski definition) is 4. The van der Waals surface area contributed by atoms with E-state index < -0.39 is 11.2 Å². The standard InChI is InChI=1S/C12H8FN3O2S/c13-8-3-1-7(2-4-8)5-16-11(17)10-9(6-19-15-10)14-12(16)18/h1-4,6H,5H2,(H,14,18). The Bertz CT molecular complexity index is 848. The van der Waals surface area contributed by atoms with Gasteiger partial charge in [0, 0.05) is 5.38 Å². The van der Waals surface area contributed by atoms with E-state index in [1.54, 1.807) is 5.38 Å². The highest BCUT2D eigenvalue weighted by Crippen LogP contribution is 2.07. The second kappa shape index (κ2) is 4.43. The molecule has 0 fully saturated rings. The molecule has 0 atom stereocenters. The highest BCUT2D eigenvalue weighted by molar-refractivity contribution is 7.04. The molecule has 0 aliphatic heterocycles. The first kappa shape index (κ1) is 11.8. The van der Waals surface area contributed by atoms with E-state index >= 15 is 0 Å². The maximum Gasteiger partial charge on any atom is 0.329 e. The average molecular weight is 277 g/mol. The van der Waals surface area contributed by atoms with Crippen molar-refractivity contribution in [1.82, 2.24) is 13.9 Å². The molecule has 2 aromatic heterocycles. The van der Waals surface area contributed by atoms with Crippen LogP contribution in [0.15, 0.2) is 39.2 Å². The molecular formula is C12H8FN3O2S. The Morgan fingerprint density at radius 3 is 2.74 bits per heavy atom. The summed E-state index contributed by atoms with van der Waals surface area (Å²) in [4.78, 5) is 26.5. The number of nitrogens with zero attached hydrogens (tertiary/aromatic N) is 2. The molecule has 1 N–H and O–H groups in total. The van der Waals surface area contributed by atoms with Crippen LogP contribution in [0, 0.1) is 5.82 Å². The Balaban J connectivity index is 2.12. The van der Waals surface area contributed by atoms with Gasteiger partial charge < -0.3 is 4.98 Å². The third kappa shape index (κ3) is 2.08. The first-order valence-electron chi connectivity index (χ1n) is 5.47. The van der Waals surface area contributed by atoms with E-state index in [4.69, 9.17) is 0 Å². The van der Waals surface area contributed by atoms with Crippen LogP contribution in [0.2, 0.25) is 0 Å². The second-order valence-electron chi connectivity index (χ2n) is 4.02. The van der Waals surface area contributed by atoms with Crippen molar-refractivity contribution in [1.29, 1.82) is 0 Å². The molecule has 7 heteroatoms. The minimum Gasteiger partial charge on any atom is -0.304 e. The van der Waals surface area contributed by atoms with Crippen molar-refractivity contribution in [2.24, 2.45) is 0 Å². The fourth-order valence-corrected chi connectivity index (χ4v) is 2.41. The summed E-state index contributed by atoms with van der Waals surface area (Å²) in [5.41, 5.74) is 0.414. The van der Waals surface area contributed by atoms with Crippen molar-refractivity contribution >= 4 is 22.6 Å². The van der Waals surface area contributed by atoms with Gasteiger partial charge >= 0.3 is 5.69 Å². The zero-order valence-electron chi connectivity index (χ0n) is 9.59. The number of H-pyrrole nitrogens is 1. The van der Waals surface area contributed by atoms with Crippen LogP contribution in [-0.2, 0) is 6.54 Å². The first-order chi connectivity index (χ1) is 9.15. The molecule has 1 aromatic carbocycles. The molecule has 0 radical (unpaired) electrons. The van der Waals surface area contributed by atoms with Gasteiger partial charge in [0.05, 0.1) is 12.1 Å². The molecule has 5 nitrogen and oxygen atoms in total. The minimum absolute atomic E-state index is 0.0852. The van der Waals surface area contributed by atoms with Crippen molar-refractivity contribution in [2.75, 3.05) is 0 Å². The summed E-state index contributed by atoms with van der Waals surface area (Å²) in [6.45, 7) is 0.0852. The minimum atomic E-state index is -0.498. The van der Waals surface area contributed by atoms with Crippen molar-refractivity contribution in [3.63, 3.8) is 0 Å². The molecule has 3 rings (SSSR count). The fraction of sp³-hybridized carbons (Fsp3) is 0.0833. The summed E-state index contributed by atoms with van der Waals surface area (Å²) < 4.78 is 17.8. The number of nitrogens with one attached hydrogen (secondary N) is 1. The van der Waals surface area contributed by atoms with Gasteiger partial charge in [0.2, 0.25) is 0 Å². The molecule has 0 unspecified atom stereocenters. The molecule has 0 saturated heterocycles. The smallest absolute Gasteiger partial charge is 0.304 e. The number of halogens is 1. The van der Waals surface area contributed by atoms with E-state index in [2.05, 4.69) is 9.36 Å². The third-order valence-electron chi connectivity index (χ3n) is 2.76. The second-order valence-corrected chi connectivity index (χ2v) is 4.65. The lowest BCUT2D eigenvalue weighted by molar-refractivity contribution is 0.625. The summed E-state index contributed by atoms with van der Waals surface area (Å²) in [5.74, 6) is -0.361. The predicted molar refractivity (Wildman–Crippen MR) is 70.0 cm³/mol. The largest absolute Gasteiger partial charge is 0.329 e. The van der Waals surface area contributed by atoms with E-state index in [-0.39, 0.29) is 17.9 Å². The lowest BCUT2D eigenvalue weighted by atomic mass is 10.2. The molecule has 0 aliphatic rings. The van der Waals surface area contributed by atoms with Gasteiger partial charge in [-0.1, -0.05) is 12.1 Å². The number of hydrogen-bond donors (Lipinski definition) is 1. The lowest BCUT2D eigenvalue weighted by Crippen LogP contribution is -2.35. The number of benzene rings is 1. The van der Waals surface area contributed by atoms with Gasteiger partial charge in [0.25, 0.3) is 5.56 Å². The van der Waals surface area contributed by atoms with Crippen LogP contribution in [0.4, 0.5) is 4.39 Å². The van der Waals surface area contributed by atoms with Gasteiger partial charge in [-0.25, -0.2) is 9.18 Å². The summed E-state index contributed by atoms with van der Waals surface area (Å²) in [6.07, 6.45) is 0. The van der Waals surface area contributed by atoms with Crippen LogP contribution in [0.1, 0.15) is 5.56 Å². The zero-order chi connectivity index (χ0) is 13.4. The van der Waals surface area contributed by atoms with Crippen LogP contribution >= 0.6 is 11.5 Å². The third-order valence-corrected chi connectivity index (χ3v) is 3.39. The fourth-order valence-electron chi connectivity index (χ4n) is 1.80. The number of aromatic amines is 1. The van der Waals surface area contributed by atoms with Crippen molar-refractivity contribution < 1.29 is 4.39 Å². The predicted octanol–water partition coefficient (Wildman–Crippen LogP) is 1.33. The van der Waals surface area contributed by atoms with E-state index in [0.29, 0.717) is 11.1 Å². The van der Waals surface area contributed by atoms with Gasteiger partial charge in [-0.3, -0.25) is 9.36 Å². The monoisotopic (exact) mass is 277 g/mol. The van der Waals surface area contributed by atoms with E-state index in [9.17, 15) is 14.0 Å². The van der Waals surface area contributed by atoms with Crippen LogP contribution in [0.3, 0.4) is 0 Å². The maximum absolute atomic E-state index is 12.8. The summed E-state index contributed by atoms with van der Waals surface area (Å²) >= 11 is 1.11. The normalized spacial score (nSPS) is 11.0. The van der Waals surface area contributed by atoms with Gasteiger partial charge in [0.1, 0.15) is 5.82 Å². The summed E-state index contributed by atoms with van der Waals surface area (Å²) in [5, 5.41) is 1.61. The average Bonchev–Trinajstić information content (AvgIpc) is 2.85. The highest BCUT2D eigenvalue weighted by Gasteiger charge is 2.09. The lowest BCUT2D eigenvalue weighted by Gasteiger charge is -2.04. The summed E-state index contributed by atoms with van der Waals surface area (Å²) in [7, 11) is 0. The van der Waals surface area contributed by atoms with Gasteiger partial charge in [-0.05, 0) is 29.2 Å². The van der Waals surface area contributed by atoms with Crippen LogP contribution in [-0.4, -0.2) is 13.9 Å². The zero-order valence-corrected chi connectivity index (χ0v) is 10.4. The van der Waals surface area contributed by atoms with Crippen molar-refractivity contribution in [2.45, 2.75) is 6.54 Å². The molecule has 0 aliphatic carbocycles. The van der Waals surface area contributed by atoms with E-state index in [1.807, 2.05) is 0 Å². The molecule has 19 heavy (non-hydrogen) atoms. The van der Waals surface area contributed by atoms with E-state index in [1.165, 1.54) is 24.3 Å². The number of rotatable bonds is 2. The molecule has 2 heterocycles. The van der Waals surface area contributed by atoms with Crippen molar-refractivity contribution in [3.05, 3.63) is 61.9 Å². The Hall–Kier alpha value is -2.28. The topological polar surface area (TPSA) is 67.8 Å². The number of fused-ring (bicyclic) bond motifs is 1. The molecule has 0 saturated carbocycles. The maximum atomic E-state index is 12.8. The Morgan fingerprint density at radius 2 is 2.00 bits per heavy atom. The summed E-state index contributed by atoms with van der Waals surface area (Å²) in [6, 6.07) is 5.64. The van der Waals surface area contributed by atoms with E-state index in [0.717, 1.165) is 16.1 Å². The number of aromatic nitrogens is 3. The van der Waals surface area contributed by atoms with Gasteiger partial charge in [0.15, 0.2) is 5.52 Å². The van der Waals surface area contributed by atoms with Crippen LogP contribution < -0.4 is 11.2 Å². The van der Waals surface area contributed by atoms with Crippen LogP contribution in [0.5, 0.6) is 0 Å². The molecule has 0 bridgehead atoms. The van der Waals surface area contributed by atoms with Gasteiger partial charge in [-0.2, -0.15) is 4.37 Å². The Morgan fingerprint density at radius 1 is 1.26 bits per heavy atom. The van der Waals surface area contributed by atoms with Crippen molar-refractivity contribution in [3.8, 4) is 0 Å².